The molecule has 2 fully saturated rings. The van der Waals surface area contributed by atoms with Crippen molar-refractivity contribution in [1.82, 2.24) is 14.7 Å². The largest absolute Gasteiger partial charge is 0.479 e. The van der Waals surface area contributed by atoms with Gasteiger partial charge in [0, 0.05) is 24.8 Å². The molecule has 4 N–H and O–H groups in total. The van der Waals surface area contributed by atoms with Crippen molar-refractivity contribution in [3.8, 4) is 5.69 Å². The van der Waals surface area contributed by atoms with Crippen LogP contribution in [0.25, 0.3) is 5.69 Å². The zero-order chi connectivity index (χ0) is 24.1. The number of hydrogen-bond acceptors (Lipinski definition) is 7. The van der Waals surface area contributed by atoms with Crippen LogP contribution in [0.3, 0.4) is 0 Å². The van der Waals surface area contributed by atoms with Crippen LogP contribution in [0, 0.1) is 5.92 Å². The van der Waals surface area contributed by atoms with Gasteiger partial charge in [0.1, 0.15) is 0 Å². The van der Waals surface area contributed by atoms with Crippen molar-refractivity contribution in [3.63, 3.8) is 0 Å². The van der Waals surface area contributed by atoms with Crippen molar-refractivity contribution in [2.75, 3.05) is 13.1 Å². The molecule has 0 spiro atoms. The van der Waals surface area contributed by atoms with E-state index < -0.39 is 24.1 Å². The second kappa shape index (κ2) is 10.7. The number of likely N-dealkylation sites (tertiary alicyclic amines) is 1. The summed E-state index contributed by atoms with van der Waals surface area (Å²) in [5, 5.41) is 36.7. The molecular formula is C23H29N3O7. The lowest BCUT2D eigenvalue weighted by Crippen LogP contribution is -2.39. The Hall–Kier alpha value is -3.08. The average Bonchev–Trinajstić information content (AvgIpc) is 3.45. The minimum absolute atomic E-state index is 0.0902. The normalized spacial score (nSPS) is 23.8. The summed E-state index contributed by atoms with van der Waals surface area (Å²) in [6, 6.07) is 12.3. The Morgan fingerprint density at radius 2 is 1.73 bits per heavy atom. The predicted octanol–water partition coefficient (Wildman–Crippen LogP) is 0.698. The molecule has 5 atom stereocenters. The highest BCUT2D eigenvalue weighted by atomic mass is 16.4. The molecule has 4 rings (SSSR count). The topological polar surface area (TPSA) is 153 Å². The number of aromatic nitrogens is 2. The molecule has 1 aliphatic carbocycles. The van der Waals surface area contributed by atoms with E-state index in [2.05, 4.69) is 29.1 Å². The van der Waals surface area contributed by atoms with Crippen molar-refractivity contribution in [3.05, 3.63) is 58.5 Å². The molecule has 0 amide bonds. The van der Waals surface area contributed by atoms with Gasteiger partial charge in [-0.3, -0.25) is 4.79 Å². The SMILES string of the molecule is C[C@H]1CCCN1C[C@@H]1C[C@@H]1c1ccc(-n2ncccc2=O)cc1.O=C(O)[C@H](O)[C@@H](O)C(=O)O. The van der Waals surface area contributed by atoms with Gasteiger partial charge in [-0.25, -0.2) is 9.59 Å². The lowest BCUT2D eigenvalue weighted by molar-refractivity contribution is -0.165. The second-order valence-electron chi connectivity index (χ2n) is 8.52. The molecule has 2 heterocycles. The van der Waals surface area contributed by atoms with E-state index >= 15 is 0 Å². The molecule has 1 aromatic heterocycles. The maximum atomic E-state index is 11.8. The predicted molar refractivity (Wildman–Crippen MR) is 118 cm³/mol. The lowest BCUT2D eigenvalue weighted by Gasteiger charge is -2.20. The molecule has 0 radical (unpaired) electrons. The summed E-state index contributed by atoms with van der Waals surface area (Å²) in [5.74, 6) is -2.04. The van der Waals surface area contributed by atoms with Crippen LogP contribution in [0.1, 0.15) is 37.7 Å². The molecule has 0 unspecified atom stereocenters. The highest BCUT2D eigenvalue weighted by Gasteiger charge is 2.40. The summed E-state index contributed by atoms with van der Waals surface area (Å²) in [6.45, 7) is 4.86. The standard InChI is InChI=1S/C19H23N3O.C4H6O6/c1-14-4-3-11-21(14)13-16-12-18(16)15-6-8-17(9-7-15)22-19(23)5-2-10-20-22;5-1(3(7)8)2(6)4(9)10/h2,5-10,14,16,18H,3-4,11-13H2,1H3;1-2,5-6H,(H,7,8)(H,9,10)/t14-,16-,18+;1-,2-/m01/s1. The van der Waals surface area contributed by atoms with E-state index in [0.717, 1.165) is 17.6 Å². The molecule has 10 heteroatoms. The summed E-state index contributed by atoms with van der Waals surface area (Å²) < 4.78 is 1.44. The lowest BCUT2D eigenvalue weighted by atomic mass is 10.1. The summed E-state index contributed by atoms with van der Waals surface area (Å²) >= 11 is 0. The number of hydrogen-bond donors (Lipinski definition) is 4. The number of aliphatic hydroxyl groups is 2. The number of aliphatic carboxylic acids is 2. The van der Waals surface area contributed by atoms with E-state index in [9.17, 15) is 14.4 Å². The second-order valence-corrected chi connectivity index (χ2v) is 8.52. The highest BCUT2D eigenvalue weighted by molar-refractivity contribution is 5.83. The molecule has 2 aromatic rings. The third kappa shape index (κ3) is 6.25. The maximum absolute atomic E-state index is 11.8. The molecule has 0 bridgehead atoms. The van der Waals surface area contributed by atoms with Crippen LogP contribution in [0.5, 0.6) is 0 Å². The smallest absolute Gasteiger partial charge is 0.335 e. The van der Waals surface area contributed by atoms with Gasteiger partial charge in [-0.1, -0.05) is 12.1 Å². The van der Waals surface area contributed by atoms with Gasteiger partial charge in [0.25, 0.3) is 5.56 Å². The minimum Gasteiger partial charge on any atom is -0.479 e. The summed E-state index contributed by atoms with van der Waals surface area (Å²) in [6.07, 6.45) is 1.11. The van der Waals surface area contributed by atoms with Crippen LogP contribution in [0.2, 0.25) is 0 Å². The van der Waals surface area contributed by atoms with Gasteiger partial charge in [-0.2, -0.15) is 9.78 Å². The molecule has 1 aliphatic heterocycles. The van der Waals surface area contributed by atoms with Crippen LogP contribution in [-0.4, -0.2) is 78.4 Å². The summed E-state index contributed by atoms with van der Waals surface area (Å²) in [7, 11) is 0. The van der Waals surface area contributed by atoms with Gasteiger partial charge in [0.05, 0.1) is 5.69 Å². The first-order valence-electron chi connectivity index (χ1n) is 10.9. The van der Waals surface area contributed by atoms with E-state index in [-0.39, 0.29) is 5.56 Å². The van der Waals surface area contributed by atoms with E-state index in [1.165, 1.54) is 48.7 Å². The fraction of sp³-hybridized carbons (Fsp3) is 0.478. The maximum Gasteiger partial charge on any atom is 0.335 e. The van der Waals surface area contributed by atoms with E-state index in [1.807, 2.05) is 12.1 Å². The fourth-order valence-electron chi connectivity index (χ4n) is 4.11. The van der Waals surface area contributed by atoms with E-state index in [4.69, 9.17) is 20.4 Å². The van der Waals surface area contributed by atoms with Gasteiger partial charge in [0.2, 0.25) is 0 Å². The quantitative estimate of drug-likeness (QED) is 0.468. The van der Waals surface area contributed by atoms with Gasteiger partial charge in [0.15, 0.2) is 12.2 Å². The van der Waals surface area contributed by atoms with E-state index in [1.54, 1.807) is 12.3 Å². The Balaban J connectivity index is 0.000000262. The van der Waals surface area contributed by atoms with Crippen molar-refractivity contribution in [2.24, 2.45) is 5.92 Å². The molecule has 178 valence electrons. The number of nitrogens with zero attached hydrogens (tertiary/aromatic N) is 3. The number of rotatable bonds is 7. The first kappa shape index (κ1) is 24.6. The number of benzene rings is 1. The van der Waals surface area contributed by atoms with Crippen molar-refractivity contribution < 1.29 is 30.0 Å². The zero-order valence-corrected chi connectivity index (χ0v) is 18.3. The van der Waals surface area contributed by atoms with Gasteiger partial charge >= 0.3 is 11.9 Å². The molecule has 33 heavy (non-hydrogen) atoms. The number of aliphatic hydroxyl groups excluding tert-OH is 2. The molecule has 1 saturated carbocycles. The first-order chi connectivity index (χ1) is 15.7. The molecule has 1 saturated heterocycles. The Kier molecular flexibility index (Phi) is 7.96. The Bertz CT molecular complexity index is 1010. The van der Waals surface area contributed by atoms with Crippen LogP contribution < -0.4 is 5.56 Å². The minimum atomic E-state index is -2.27. The van der Waals surface area contributed by atoms with Crippen molar-refractivity contribution in [1.29, 1.82) is 0 Å². The first-order valence-corrected chi connectivity index (χ1v) is 10.9. The molecular weight excluding hydrogens is 430 g/mol. The van der Waals surface area contributed by atoms with Crippen molar-refractivity contribution >= 4 is 11.9 Å². The molecule has 2 aliphatic rings. The average molecular weight is 459 g/mol. The van der Waals surface area contributed by atoms with E-state index in [0.29, 0.717) is 5.92 Å². The number of carboxylic acids is 2. The fourth-order valence-corrected chi connectivity index (χ4v) is 4.11. The summed E-state index contributed by atoms with van der Waals surface area (Å²) in [5.41, 5.74) is 2.15. The monoisotopic (exact) mass is 459 g/mol. The van der Waals surface area contributed by atoms with Crippen LogP contribution in [-0.2, 0) is 9.59 Å². The van der Waals surface area contributed by atoms with Crippen LogP contribution >= 0.6 is 0 Å². The zero-order valence-electron chi connectivity index (χ0n) is 18.3. The molecule has 10 nitrogen and oxygen atoms in total. The van der Waals surface area contributed by atoms with Gasteiger partial charge < -0.3 is 25.3 Å². The number of carbonyl (C=O) groups is 2. The molecule has 1 aromatic carbocycles. The van der Waals surface area contributed by atoms with Gasteiger partial charge in [-0.05, 0) is 68.3 Å². The summed E-state index contributed by atoms with van der Waals surface area (Å²) in [4.78, 5) is 34.0. The third-order valence-corrected chi connectivity index (χ3v) is 6.17. The van der Waals surface area contributed by atoms with Crippen LogP contribution in [0.4, 0.5) is 0 Å². The Morgan fingerprint density at radius 1 is 1.09 bits per heavy atom. The van der Waals surface area contributed by atoms with Crippen molar-refractivity contribution in [2.45, 2.75) is 50.4 Å². The Labute approximate surface area is 190 Å². The third-order valence-electron chi connectivity index (χ3n) is 6.17. The Morgan fingerprint density at radius 3 is 2.24 bits per heavy atom. The van der Waals surface area contributed by atoms with Gasteiger partial charge in [-0.15, -0.1) is 0 Å². The highest BCUT2D eigenvalue weighted by Crippen LogP contribution is 2.48. The number of carboxylic acid groups (broad SMARTS) is 2. The van der Waals surface area contributed by atoms with Crippen LogP contribution in [0.15, 0.2) is 47.4 Å².